The maximum absolute atomic E-state index is 13.2. The van der Waals surface area contributed by atoms with Gasteiger partial charge in [0.25, 0.3) is 0 Å². The fraction of sp³-hybridized carbons (Fsp3) is 0.600. The van der Waals surface area contributed by atoms with Crippen LogP contribution in [0.1, 0.15) is 52.4 Å². The molecule has 0 bridgehead atoms. The Morgan fingerprint density at radius 1 is 1.03 bits per heavy atom. The van der Waals surface area contributed by atoms with E-state index in [1.165, 1.54) is 19.3 Å². The zero-order valence-electron chi connectivity index (χ0n) is 17.4. The number of anilines is 1. The minimum atomic E-state index is 0.102. The summed E-state index contributed by atoms with van der Waals surface area (Å²) in [5.74, 6) is 2.27. The highest BCUT2D eigenvalue weighted by molar-refractivity contribution is 8.14. The van der Waals surface area contributed by atoms with Crippen molar-refractivity contribution in [2.24, 2.45) is 34.5 Å². The first-order chi connectivity index (χ1) is 13.9. The van der Waals surface area contributed by atoms with Crippen LogP contribution in [0.5, 0.6) is 0 Å². The summed E-state index contributed by atoms with van der Waals surface area (Å²) in [6.45, 7) is 4.78. The predicted octanol–water partition coefficient (Wildman–Crippen LogP) is 5.68. The highest BCUT2D eigenvalue weighted by Crippen LogP contribution is 2.66. The molecule has 1 heterocycles. The summed E-state index contributed by atoms with van der Waals surface area (Å²) in [5, 5.41) is 3.84. The summed E-state index contributed by atoms with van der Waals surface area (Å²) in [7, 11) is 0. The molecule has 3 aliphatic carbocycles. The Morgan fingerprint density at radius 2 is 1.83 bits per heavy atom. The number of allylic oxidation sites excluding steroid dienone is 1. The first kappa shape index (κ1) is 19.4. The number of hydrogen-bond acceptors (Lipinski definition) is 3. The van der Waals surface area contributed by atoms with Crippen LogP contribution in [-0.2, 0) is 9.59 Å². The van der Waals surface area contributed by atoms with Crippen LogP contribution in [0.25, 0.3) is 0 Å². The lowest BCUT2D eigenvalue weighted by molar-refractivity contribution is -0.127. The Kier molecular flexibility index (Phi) is 4.69. The highest BCUT2D eigenvalue weighted by atomic mass is 32.2. The van der Waals surface area contributed by atoms with E-state index in [1.807, 2.05) is 36.4 Å². The smallest absolute Gasteiger partial charge is 0.228 e. The molecule has 154 valence electrons. The lowest BCUT2D eigenvalue weighted by Gasteiger charge is -2.58. The van der Waals surface area contributed by atoms with Crippen LogP contribution in [0.15, 0.2) is 42.5 Å². The molecule has 29 heavy (non-hydrogen) atoms. The van der Waals surface area contributed by atoms with Gasteiger partial charge in [0.05, 0.1) is 0 Å². The van der Waals surface area contributed by atoms with Crippen LogP contribution in [0.2, 0.25) is 0 Å². The number of carbonyl (C=O) groups excluding carboxylic acids is 2. The average molecular weight is 410 g/mol. The van der Waals surface area contributed by atoms with Crippen LogP contribution < -0.4 is 5.32 Å². The number of amides is 1. The lowest BCUT2D eigenvalue weighted by atomic mass is 9.49. The van der Waals surface area contributed by atoms with Gasteiger partial charge in [-0.1, -0.05) is 49.9 Å². The molecule has 4 aliphatic rings. The van der Waals surface area contributed by atoms with Gasteiger partial charge in [-0.3, -0.25) is 9.59 Å². The molecule has 1 amide bonds. The second-order valence-electron chi connectivity index (χ2n) is 10.1. The molecule has 0 radical (unpaired) electrons. The van der Waals surface area contributed by atoms with Crippen molar-refractivity contribution in [3.63, 3.8) is 0 Å². The van der Waals surface area contributed by atoms with E-state index in [0.29, 0.717) is 23.0 Å². The molecular formula is C25H31NO2S. The third kappa shape index (κ3) is 3.01. The molecule has 0 spiro atoms. The number of nitrogens with one attached hydrogen (secondary N) is 1. The number of benzene rings is 1. The summed E-state index contributed by atoms with van der Waals surface area (Å²) in [6, 6.07) is 9.87. The van der Waals surface area contributed by atoms with E-state index in [4.69, 9.17) is 0 Å². The summed E-state index contributed by atoms with van der Waals surface area (Å²) < 4.78 is 0. The van der Waals surface area contributed by atoms with Gasteiger partial charge in [-0.25, -0.2) is 0 Å². The van der Waals surface area contributed by atoms with Gasteiger partial charge in [-0.2, -0.15) is 0 Å². The fourth-order valence-electron chi connectivity index (χ4n) is 7.38. The molecule has 4 heteroatoms. The van der Waals surface area contributed by atoms with E-state index in [0.717, 1.165) is 24.9 Å². The van der Waals surface area contributed by atoms with Crippen molar-refractivity contribution >= 4 is 28.5 Å². The Hall–Kier alpha value is -1.55. The number of carbonyl (C=O) groups is 2. The molecule has 2 unspecified atom stereocenters. The van der Waals surface area contributed by atoms with Gasteiger partial charge in [-0.05, 0) is 79.9 Å². The van der Waals surface area contributed by atoms with Gasteiger partial charge in [0.15, 0.2) is 0 Å². The molecule has 0 aromatic heterocycles. The topological polar surface area (TPSA) is 46.2 Å². The quantitative estimate of drug-likeness (QED) is 0.683. The van der Waals surface area contributed by atoms with Gasteiger partial charge in [0.2, 0.25) is 11.0 Å². The Labute approximate surface area is 178 Å². The molecule has 1 aromatic rings. The van der Waals surface area contributed by atoms with E-state index < -0.39 is 0 Å². The van der Waals surface area contributed by atoms with E-state index >= 15 is 0 Å². The van der Waals surface area contributed by atoms with Gasteiger partial charge < -0.3 is 5.32 Å². The molecule has 1 N–H and O–H groups in total. The van der Waals surface area contributed by atoms with Crippen LogP contribution in [0.4, 0.5) is 5.69 Å². The Bertz CT molecular complexity index is 852. The summed E-state index contributed by atoms with van der Waals surface area (Å²) in [4.78, 5) is 25.2. The molecule has 7 atom stereocenters. The monoisotopic (exact) mass is 409 g/mol. The SMILES string of the molecule is C[C@]12C=CC(=O)SC1CC[C@@H]1[C@H]2CC[C@]2(C)C(C(=O)Nc3ccccc3)CC[C@@H]12. The minimum absolute atomic E-state index is 0.102. The van der Waals surface area contributed by atoms with Crippen LogP contribution in [0.3, 0.4) is 0 Å². The molecule has 3 fully saturated rings. The Balaban J connectivity index is 1.38. The zero-order chi connectivity index (χ0) is 20.2. The van der Waals surface area contributed by atoms with Crippen molar-refractivity contribution < 1.29 is 9.59 Å². The minimum Gasteiger partial charge on any atom is -0.326 e. The number of rotatable bonds is 2. The number of hydrogen-bond donors (Lipinski definition) is 1. The maximum Gasteiger partial charge on any atom is 0.228 e. The lowest BCUT2D eigenvalue weighted by Crippen LogP contribution is -2.53. The van der Waals surface area contributed by atoms with Crippen molar-refractivity contribution in [1.82, 2.24) is 0 Å². The Morgan fingerprint density at radius 3 is 2.62 bits per heavy atom. The first-order valence-electron chi connectivity index (χ1n) is 11.2. The van der Waals surface area contributed by atoms with E-state index in [-0.39, 0.29) is 27.8 Å². The second kappa shape index (κ2) is 7.01. The van der Waals surface area contributed by atoms with Crippen molar-refractivity contribution in [2.75, 3.05) is 5.32 Å². The van der Waals surface area contributed by atoms with Gasteiger partial charge in [0.1, 0.15) is 0 Å². The van der Waals surface area contributed by atoms with Crippen molar-refractivity contribution in [1.29, 1.82) is 0 Å². The molecule has 0 saturated heterocycles. The second-order valence-corrected chi connectivity index (χ2v) is 11.3. The third-order valence-electron chi connectivity index (χ3n) is 8.89. The number of fused-ring (bicyclic) bond motifs is 5. The van der Waals surface area contributed by atoms with E-state index in [2.05, 4.69) is 25.2 Å². The maximum atomic E-state index is 13.2. The van der Waals surface area contributed by atoms with Crippen LogP contribution in [-0.4, -0.2) is 16.3 Å². The fourth-order valence-corrected chi connectivity index (χ4v) is 8.57. The largest absolute Gasteiger partial charge is 0.326 e. The number of thioether (sulfide) groups is 1. The molecule has 3 nitrogen and oxygen atoms in total. The summed E-state index contributed by atoms with van der Waals surface area (Å²) >= 11 is 1.57. The van der Waals surface area contributed by atoms with Gasteiger partial charge in [0, 0.05) is 22.3 Å². The van der Waals surface area contributed by atoms with E-state index in [1.54, 1.807) is 11.8 Å². The van der Waals surface area contributed by atoms with Crippen molar-refractivity contribution in [2.45, 2.75) is 57.6 Å². The molecule has 3 saturated carbocycles. The predicted molar refractivity (Wildman–Crippen MR) is 118 cm³/mol. The van der Waals surface area contributed by atoms with Crippen LogP contribution >= 0.6 is 11.8 Å². The van der Waals surface area contributed by atoms with Gasteiger partial charge in [-0.15, -0.1) is 0 Å². The highest BCUT2D eigenvalue weighted by Gasteiger charge is 2.60. The van der Waals surface area contributed by atoms with Crippen molar-refractivity contribution in [3.8, 4) is 0 Å². The third-order valence-corrected chi connectivity index (χ3v) is 10.3. The molecular weight excluding hydrogens is 378 g/mol. The van der Waals surface area contributed by atoms with Gasteiger partial charge >= 0.3 is 0 Å². The standard InChI is InChI=1S/C25H31NO2S/c1-24-14-12-19-17(8-11-21-25(19,2)15-13-22(27)29-21)18(24)9-10-20(24)23(28)26-16-6-4-3-5-7-16/h3-7,13,15,17-21H,8-12,14H2,1-2H3,(H,26,28)/t17-,18-,19+,20?,21?,24-,25+/m0/s1. The summed E-state index contributed by atoms with van der Waals surface area (Å²) in [6.07, 6.45) is 10.9. The first-order valence-corrected chi connectivity index (χ1v) is 12.1. The molecule has 1 aromatic carbocycles. The van der Waals surface area contributed by atoms with Crippen molar-refractivity contribution in [3.05, 3.63) is 42.5 Å². The van der Waals surface area contributed by atoms with Crippen LogP contribution in [0, 0.1) is 34.5 Å². The molecule has 5 rings (SSSR count). The normalized spacial score (nSPS) is 43.2. The van der Waals surface area contributed by atoms with E-state index in [9.17, 15) is 9.59 Å². The molecule has 1 aliphatic heterocycles. The summed E-state index contributed by atoms with van der Waals surface area (Å²) in [5.41, 5.74) is 1.14. The zero-order valence-corrected chi connectivity index (χ0v) is 18.2. The average Bonchev–Trinajstić information content (AvgIpc) is 3.06. The number of para-hydroxylation sites is 1.